The van der Waals surface area contributed by atoms with Gasteiger partial charge in [-0.15, -0.1) is 11.3 Å². The van der Waals surface area contributed by atoms with Crippen molar-refractivity contribution in [2.75, 3.05) is 27.4 Å². The Bertz CT molecular complexity index is 743. The maximum atomic E-state index is 5.84. The quantitative estimate of drug-likeness (QED) is 0.421. The molecule has 0 fully saturated rings. The molecule has 0 saturated carbocycles. The molecule has 2 N–H and O–H groups in total. The molecule has 0 bridgehead atoms. The number of thiazole rings is 1. The molecular weight excluding hydrogens is 348 g/mol. The molecule has 1 heterocycles. The summed E-state index contributed by atoms with van der Waals surface area (Å²) in [6.07, 6.45) is 0. The molecule has 6 nitrogen and oxygen atoms in total. The van der Waals surface area contributed by atoms with Crippen LogP contribution >= 0.6 is 11.3 Å². The first-order valence-corrected chi connectivity index (χ1v) is 9.43. The molecule has 0 unspecified atom stereocenters. The summed E-state index contributed by atoms with van der Waals surface area (Å²) in [4.78, 5) is 9.98. The van der Waals surface area contributed by atoms with Crippen molar-refractivity contribution in [3.8, 4) is 5.75 Å². The van der Waals surface area contributed by atoms with Gasteiger partial charge in [-0.05, 0) is 32.4 Å². The summed E-state index contributed by atoms with van der Waals surface area (Å²) in [5.41, 5.74) is 3.32. The van der Waals surface area contributed by atoms with Crippen molar-refractivity contribution in [3.63, 3.8) is 0 Å². The van der Waals surface area contributed by atoms with Crippen LogP contribution in [0, 0.1) is 20.8 Å². The average molecular weight is 377 g/mol. The molecule has 0 aliphatic heterocycles. The minimum atomic E-state index is 0.532. The monoisotopic (exact) mass is 376 g/mol. The molecule has 0 aliphatic rings. The van der Waals surface area contributed by atoms with Crippen LogP contribution in [0.3, 0.4) is 0 Å². The van der Waals surface area contributed by atoms with Crippen molar-refractivity contribution in [2.24, 2.45) is 4.99 Å². The van der Waals surface area contributed by atoms with Crippen LogP contribution in [0.1, 0.15) is 26.7 Å². The molecule has 0 spiro atoms. The number of hydrogen-bond donors (Lipinski definition) is 2. The summed E-state index contributed by atoms with van der Waals surface area (Å²) in [7, 11) is 3.44. The third-order valence-corrected chi connectivity index (χ3v) is 4.93. The van der Waals surface area contributed by atoms with Gasteiger partial charge in [0.25, 0.3) is 0 Å². The molecular formula is C19H28N4O2S. The molecule has 0 radical (unpaired) electrons. The fourth-order valence-corrected chi connectivity index (χ4v) is 3.36. The molecule has 142 valence electrons. The van der Waals surface area contributed by atoms with Crippen LogP contribution in [0.2, 0.25) is 0 Å². The fourth-order valence-electron chi connectivity index (χ4n) is 2.48. The van der Waals surface area contributed by atoms with Crippen molar-refractivity contribution >= 4 is 17.3 Å². The molecule has 2 aromatic rings. The summed E-state index contributed by atoms with van der Waals surface area (Å²) < 4.78 is 10.9. The van der Waals surface area contributed by atoms with Crippen LogP contribution in [0.15, 0.2) is 23.2 Å². The Kier molecular flexibility index (Phi) is 7.87. The highest BCUT2D eigenvalue weighted by Crippen LogP contribution is 2.20. The van der Waals surface area contributed by atoms with Crippen molar-refractivity contribution in [1.29, 1.82) is 0 Å². The second kappa shape index (κ2) is 10.1. The minimum absolute atomic E-state index is 0.532. The van der Waals surface area contributed by atoms with Gasteiger partial charge < -0.3 is 20.1 Å². The van der Waals surface area contributed by atoms with Gasteiger partial charge in [-0.3, -0.25) is 4.99 Å². The number of nitrogens with one attached hydrogen (secondary N) is 2. The summed E-state index contributed by atoms with van der Waals surface area (Å²) in [6.45, 7) is 8.55. The van der Waals surface area contributed by atoms with Crippen LogP contribution in [-0.4, -0.2) is 38.3 Å². The Morgan fingerprint density at radius 3 is 2.58 bits per heavy atom. The van der Waals surface area contributed by atoms with Gasteiger partial charge >= 0.3 is 0 Å². The number of aliphatic imine (C=N–C) groups is 1. The van der Waals surface area contributed by atoms with Gasteiger partial charge in [-0.1, -0.05) is 12.1 Å². The first-order chi connectivity index (χ1) is 12.5. The zero-order chi connectivity index (χ0) is 18.9. The highest BCUT2D eigenvalue weighted by atomic mass is 32.1. The Morgan fingerprint density at radius 1 is 1.15 bits per heavy atom. The third-order valence-electron chi connectivity index (χ3n) is 3.85. The van der Waals surface area contributed by atoms with Crippen LogP contribution in [0.25, 0.3) is 0 Å². The van der Waals surface area contributed by atoms with Crippen molar-refractivity contribution in [2.45, 2.75) is 33.9 Å². The third kappa shape index (κ3) is 6.00. The Labute approximate surface area is 159 Å². The van der Waals surface area contributed by atoms with E-state index in [2.05, 4.69) is 39.7 Å². The number of nitrogens with zero attached hydrogens (tertiary/aromatic N) is 2. The van der Waals surface area contributed by atoms with Crippen LogP contribution < -0.4 is 15.4 Å². The highest BCUT2D eigenvalue weighted by Gasteiger charge is 2.08. The number of hydrogen-bond acceptors (Lipinski definition) is 5. The van der Waals surface area contributed by atoms with Crippen molar-refractivity contribution in [3.05, 3.63) is 44.9 Å². The first kappa shape index (κ1) is 20.2. The van der Waals surface area contributed by atoms with Gasteiger partial charge in [-0.2, -0.15) is 0 Å². The Balaban J connectivity index is 1.94. The summed E-state index contributed by atoms with van der Waals surface area (Å²) in [6, 6.07) is 6.21. The number of aromatic nitrogens is 1. The lowest BCUT2D eigenvalue weighted by atomic mass is 10.1. The molecule has 0 atom stereocenters. The SMILES string of the molecule is CN=C(NCc1ccc(C)cc1OCCOC)NCc1sc(C)nc1C. The van der Waals surface area contributed by atoms with E-state index in [1.165, 1.54) is 10.4 Å². The minimum Gasteiger partial charge on any atom is -0.491 e. The van der Waals surface area contributed by atoms with Gasteiger partial charge in [0.1, 0.15) is 12.4 Å². The molecule has 26 heavy (non-hydrogen) atoms. The molecule has 0 saturated heterocycles. The van der Waals surface area contributed by atoms with E-state index in [0.29, 0.717) is 26.3 Å². The Morgan fingerprint density at radius 2 is 1.92 bits per heavy atom. The predicted molar refractivity (Wildman–Crippen MR) is 107 cm³/mol. The van der Waals surface area contributed by atoms with Crippen LogP contribution in [-0.2, 0) is 17.8 Å². The number of benzene rings is 1. The average Bonchev–Trinajstić information content (AvgIpc) is 2.94. The van der Waals surface area contributed by atoms with E-state index in [-0.39, 0.29) is 0 Å². The second-order valence-electron chi connectivity index (χ2n) is 5.97. The predicted octanol–water partition coefficient (Wildman–Crippen LogP) is 2.96. The number of rotatable bonds is 8. The Hall–Kier alpha value is -2.12. The summed E-state index contributed by atoms with van der Waals surface area (Å²) >= 11 is 1.71. The van der Waals surface area contributed by atoms with Crippen molar-refractivity contribution < 1.29 is 9.47 Å². The number of ether oxygens (including phenoxy) is 2. The van der Waals surface area contributed by atoms with Gasteiger partial charge in [0, 0.05) is 31.1 Å². The van der Waals surface area contributed by atoms with Crippen molar-refractivity contribution in [1.82, 2.24) is 15.6 Å². The molecule has 0 amide bonds. The van der Waals surface area contributed by atoms with Gasteiger partial charge in [0.05, 0.1) is 23.9 Å². The van der Waals surface area contributed by atoms with E-state index >= 15 is 0 Å². The second-order valence-corrected chi connectivity index (χ2v) is 7.26. The molecule has 2 rings (SSSR count). The lowest BCUT2D eigenvalue weighted by molar-refractivity contribution is 0.145. The summed E-state index contributed by atoms with van der Waals surface area (Å²) in [5, 5.41) is 7.77. The highest BCUT2D eigenvalue weighted by molar-refractivity contribution is 7.11. The topological polar surface area (TPSA) is 67.8 Å². The lowest BCUT2D eigenvalue weighted by Crippen LogP contribution is -2.36. The molecule has 0 aliphatic carbocycles. The first-order valence-electron chi connectivity index (χ1n) is 8.62. The van der Waals surface area contributed by atoms with E-state index in [1.807, 2.05) is 19.9 Å². The molecule has 1 aromatic heterocycles. The van der Waals surface area contributed by atoms with Gasteiger partial charge in [-0.25, -0.2) is 4.98 Å². The van der Waals surface area contributed by atoms with E-state index in [4.69, 9.17) is 9.47 Å². The lowest BCUT2D eigenvalue weighted by Gasteiger charge is -2.15. The van der Waals surface area contributed by atoms with Gasteiger partial charge in [0.15, 0.2) is 5.96 Å². The summed E-state index contributed by atoms with van der Waals surface area (Å²) in [5.74, 6) is 1.62. The molecule has 7 heteroatoms. The van der Waals surface area contributed by atoms with Gasteiger partial charge in [0.2, 0.25) is 0 Å². The maximum absolute atomic E-state index is 5.84. The number of aryl methyl sites for hydroxylation is 3. The van der Waals surface area contributed by atoms with Crippen LogP contribution in [0.5, 0.6) is 5.75 Å². The van der Waals surface area contributed by atoms with E-state index < -0.39 is 0 Å². The van der Waals surface area contributed by atoms with E-state index in [1.54, 1.807) is 25.5 Å². The smallest absolute Gasteiger partial charge is 0.191 e. The van der Waals surface area contributed by atoms with E-state index in [9.17, 15) is 0 Å². The fraction of sp³-hybridized carbons (Fsp3) is 0.474. The van der Waals surface area contributed by atoms with Crippen LogP contribution in [0.4, 0.5) is 0 Å². The maximum Gasteiger partial charge on any atom is 0.191 e. The molecule has 1 aromatic carbocycles. The van der Waals surface area contributed by atoms with E-state index in [0.717, 1.165) is 28.0 Å². The normalized spacial score (nSPS) is 11.5. The number of methoxy groups -OCH3 is 1. The largest absolute Gasteiger partial charge is 0.491 e. The zero-order valence-electron chi connectivity index (χ0n) is 16.2. The number of guanidine groups is 1. The standard InChI is InChI=1S/C19H28N4O2S/c1-13-6-7-16(17(10-13)25-9-8-24-5)11-21-19(20-4)22-12-18-14(2)23-15(3)26-18/h6-7,10H,8-9,11-12H2,1-5H3,(H2,20,21,22). The zero-order valence-corrected chi connectivity index (χ0v) is 17.0.